The van der Waals surface area contributed by atoms with Crippen LogP contribution in [-0.4, -0.2) is 41.8 Å². The maximum atomic E-state index is 12.8. The molecule has 1 aliphatic heterocycles. The lowest BCUT2D eigenvalue weighted by Gasteiger charge is -2.33. The summed E-state index contributed by atoms with van der Waals surface area (Å²) in [6.45, 7) is 1.83. The number of benzene rings is 2. The molecule has 1 N–H and O–H groups in total. The van der Waals surface area contributed by atoms with Crippen LogP contribution in [0.4, 0.5) is 19.0 Å². The molecule has 7 nitrogen and oxygen atoms in total. The van der Waals surface area contributed by atoms with Crippen molar-refractivity contribution in [1.29, 1.82) is 5.26 Å². The van der Waals surface area contributed by atoms with E-state index < -0.39 is 11.7 Å². The molecule has 0 saturated carbocycles. The van der Waals surface area contributed by atoms with Crippen LogP contribution < -0.4 is 10.2 Å². The van der Waals surface area contributed by atoms with Gasteiger partial charge in [0, 0.05) is 37.0 Å². The van der Waals surface area contributed by atoms with Crippen LogP contribution in [0.3, 0.4) is 0 Å². The van der Waals surface area contributed by atoms with E-state index in [1.54, 1.807) is 36.4 Å². The minimum Gasteiger partial charge on any atom is -0.435 e. The van der Waals surface area contributed by atoms with Crippen molar-refractivity contribution in [3.05, 3.63) is 71.4 Å². The zero-order chi connectivity index (χ0) is 27.6. The zero-order valence-corrected chi connectivity index (χ0v) is 21.8. The number of alkyl halides is 3. The van der Waals surface area contributed by atoms with Crippen LogP contribution in [0.5, 0.6) is 0 Å². The number of fused-ring (bicyclic) bond motifs is 1. The summed E-state index contributed by atoms with van der Waals surface area (Å²) in [7, 11) is 0. The van der Waals surface area contributed by atoms with Crippen molar-refractivity contribution < 1.29 is 22.4 Å². The van der Waals surface area contributed by atoms with Crippen LogP contribution in [0.1, 0.15) is 34.3 Å². The first kappa shape index (κ1) is 26.6. The largest absolute Gasteiger partial charge is 0.435 e. The number of nitriles is 1. The average Bonchev–Trinajstić information content (AvgIpc) is 3.39. The van der Waals surface area contributed by atoms with E-state index in [0.29, 0.717) is 53.6 Å². The van der Waals surface area contributed by atoms with Gasteiger partial charge in [-0.15, -0.1) is 11.8 Å². The van der Waals surface area contributed by atoms with Crippen molar-refractivity contribution in [3.8, 4) is 17.5 Å². The number of thioether (sulfide) groups is 1. The number of aromatic nitrogens is 2. The highest BCUT2D eigenvalue weighted by molar-refractivity contribution is 7.98. The van der Waals surface area contributed by atoms with Crippen LogP contribution >= 0.6 is 11.8 Å². The van der Waals surface area contributed by atoms with Gasteiger partial charge in [0.2, 0.25) is 5.89 Å². The zero-order valence-electron chi connectivity index (χ0n) is 21.0. The highest BCUT2D eigenvalue weighted by Gasteiger charge is 2.31. The van der Waals surface area contributed by atoms with Crippen molar-refractivity contribution in [1.82, 2.24) is 15.3 Å². The number of piperidine rings is 1. The second-order valence-corrected chi connectivity index (χ2v) is 10.1. The molecule has 0 aliphatic carbocycles. The number of carbonyl (C=O) groups is 1. The number of nitrogens with one attached hydrogen (secondary N) is 1. The molecule has 5 rings (SSSR count). The first-order valence-electron chi connectivity index (χ1n) is 12.3. The first-order chi connectivity index (χ1) is 18.7. The molecule has 0 atom stereocenters. The number of rotatable bonds is 6. The summed E-state index contributed by atoms with van der Waals surface area (Å²) < 4.78 is 44.3. The maximum Gasteiger partial charge on any atom is 0.417 e. The van der Waals surface area contributed by atoms with Crippen molar-refractivity contribution >= 4 is 34.6 Å². The Balaban J connectivity index is 1.15. The van der Waals surface area contributed by atoms with Crippen molar-refractivity contribution in [2.24, 2.45) is 5.92 Å². The first-order valence-corrected chi connectivity index (χ1v) is 13.5. The van der Waals surface area contributed by atoms with E-state index in [0.717, 1.165) is 35.6 Å². The number of carbonyl (C=O) groups excluding carboxylic acids is 1. The van der Waals surface area contributed by atoms with E-state index in [9.17, 15) is 23.2 Å². The average molecular weight is 552 g/mol. The molecule has 0 radical (unpaired) electrons. The molecule has 0 spiro atoms. The van der Waals surface area contributed by atoms with E-state index in [-0.39, 0.29) is 11.8 Å². The predicted molar refractivity (Wildman–Crippen MR) is 142 cm³/mol. The molecule has 1 amide bonds. The van der Waals surface area contributed by atoms with Gasteiger partial charge in [-0.1, -0.05) is 0 Å². The van der Waals surface area contributed by atoms with Gasteiger partial charge in [-0.2, -0.15) is 18.4 Å². The van der Waals surface area contributed by atoms with Gasteiger partial charge >= 0.3 is 6.18 Å². The molecule has 4 aromatic rings. The summed E-state index contributed by atoms with van der Waals surface area (Å²) in [5.74, 6) is 1.02. The minimum atomic E-state index is -4.40. The van der Waals surface area contributed by atoms with Crippen LogP contribution in [0.2, 0.25) is 0 Å². The normalized spacial score (nSPS) is 14.4. The number of hydrogen-bond acceptors (Lipinski definition) is 7. The topological polar surface area (TPSA) is 95.0 Å². The monoisotopic (exact) mass is 551 g/mol. The molecule has 3 heterocycles. The molecule has 2 aromatic heterocycles. The van der Waals surface area contributed by atoms with Gasteiger partial charge in [0.1, 0.15) is 11.3 Å². The Kier molecular flexibility index (Phi) is 7.48. The second kappa shape index (κ2) is 11.0. The van der Waals surface area contributed by atoms with Crippen LogP contribution in [0, 0.1) is 17.2 Å². The Morgan fingerprint density at radius 1 is 1.18 bits per heavy atom. The minimum absolute atomic E-state index is 0.186. The Morgan fingerprint density at radius 2 is 1.92 bits per heavy atom. The van der Waals surface area contributed by atoms with Gasteiger partial charge < -0.3 is 14.6 Å². The molecule has 0 bridgehead atoms. The number of pyridine rings is 1. The molecule has 200 valence electrons. The van der Waals surface area contributed by atoms with Crippen molar-refractivity contribution in [2.45, 2.75) is 23.9 Å². The molecular formula is C28H24F3N5O2S. The molecule has 1 aliphatic rings. The van der Waals surface area contributed by atoms with Gasteiger partial charge in [-0.05, 0) is 73.5 Å². The maximum absolute atomic E-state index is 12.8. The molecule has 0 unspecified atom stereocenters. The highest BCUT2D eigenvalue weighted by atomic mass is 32.2. The number of nitrogens with zero attached hydrogens (tertiary/aromatic N) is 4. The fourth-order valence-electron chi connectivity index (χ4n) is 4.55. The van der Waals surface area contributed by atoms with E-state index in [4.69, 9.17) is 4.42 Å². The number of amides is 1. The van der Waals surface area contributed by atoms with E-state index >= 15 is 0 Å². The Bertz CT molecular complexity index is 1520. The molecule has 39 heavy (non-hydrogen) atoms. The third-order valence-electron chi connectivity index (χ3n) is 6.76. The summed E-state index contributed by atoms with van der Waals surface area (Å²) in [4.78, 5) is 24.0. The standard InChI is InChI=1S/C28H24F3N5O2S/c1-39-23-13-18(14-32)12-22-25(23)38-27(35-22)20-4-2-19(3-5-20)26(37)34-15-17-8-10-36(11-9-17)24-7-6-21(16-33-24)28(29,30)31/h2-7,12-13,16-17H,8-11,15H2,1H3,(H,34,37). The lowest BCUT2D eigenvalue weighted by atomic mass is 9.96. The lowest BCUT2D eigenvalue weighted by Crippen LogP contribution is -2.39. The summed E-state index contributed by atoms with van der Waals surface area (Å²) in [5, 5.41) is 12.2. The van der Waals surface area contributed by atoms with Gasteiger partial charge in [0.25, 0.3) is 5.91 Å². The van der Waals surface area contributed by atoms with Gasteiger partial charge in [0.15, 0.2) is 5.58 Å². The smallest absolute Gasteiger partial charge is 0.417 e. The molecule has 1 saturated heterocycles. The number of hydrogen-bond donors (Lipinski definition) is 1. The second-order valence-electron chi connectivity index (χ2n) is 9.28. The van der Waals surface area contributed by atoms with E-state index in [1.807, 2.05) is 11.2 Å². The summed E-state index contributed by atoms with van der Waals surface area (Å²) in [6, 6.07) is 15.0. The summed E-state index contributed by atoms with van der Waals surface area (Å²) in [6.07, 6.45) is -0.0343. The van der Waals surface area contributed by atoms with E-state index in [1.165, 1.54) is 17.8 Å². The molecule has 1 fully saturated rings. The third-order valence-corrected chi connectivity index (χ3v) is 7.51. The number of anilines is 1. The van der Waals surface area contributed by atoms with Crippen LogP contribution in [0.15, 0.2) is 64.0 Å². The van der Waals surface area contributed by atoms with Gasteiger partial charge in [-0.25, -0.2) is 9.97 Å². The predicted octanol–water partition coefficient (Wildman–Crippen LogP) is 6.15. The summed E-state index contributed by atoms with van der Waals surface area (Å²) >= 11 is 1.48. The molecular weight excluding hydrogens is 527 g/mol. The Morgan fingerprint density at radius 3 is 2.54 bits per heavy atom. The quantitative estimate of drug-likeness (QED) is 0.287. The fraction of sp³-hybridized carbons (Fsp3) is 0.286. The highest BCUT2D eigenvalue weighted by Crippen LogP contribution is 2.33. The Labute approximate surface area is 227 Å². The molecule has 2 aromatic carbocycles. The van der Waals surface area contributed by atoms with Crippen LogP contribution in [-0.2, 0) is 6.18 Å². The van der Waals surface area contributed by atoms with E-state index in [2.05, 4.69) is 21.4 Å². The van der Waals surface area contributed by atoms with Gasteiger partial charge in [-0.3, -0.25) is 4.79 Å². The molecule has 11 heteroatoms. The SMILES string of the molecule is CSc1cc(C#N)cc2nc(-c3ccc(C(=O)NCC4CCN(c5ccc(C(F)(F)F)cn5)CC4)cc3)oc12. The number of halogens is 3. The van der Waals surface area contributed by atoms with Crippen LogP contribution in [0.25, 0.3) is 22.6 Å². The Hall–Kier alpha value is -4.04. The van der Waals surface area contributed by atoms with Crippen molar-refractivity contribution in [3.63, 3.8) is 0 Å². The van der Waals surface area contributed by atoms with Gasteiger partial charge in [0.05, 0.1) is 22.1 Å². The fourth-order valence-corrected chi connectivity index (χ4v) is 5.13. The lowest BCUT2D eigenvalue weighted by molar-refractivity contribution is -0.137. The third kappa shape index (κ3) is 5.86. The summed E-state index contributed by atoms with van der Waals surface area (Å²) in [5.41, 5.74) is 2.22. The number of oxazole rings is 1. The van der Waals surface area contributed by atoms with Crippen molar-refractivity contribution in [2.75, 3.05) is 30.8 Å².